The molecule has 0 nitrogen and oxygen atoms in total. The van der Waals surface area contributed by atoms with Crippen molar-refractivity contribution in [3.8, 4) is 0 Å². The average Bonchev–Trinajstić information content (AvgIpc) is 1.62. The van der Waals surface area contributed by atoms with Crippen molar-refractivity contribution in [2.24, 2.45) is 5.41 Å². The molecule has 0 heterocycles. The predicted octanol–water partition coefficient (Wildman–Crippen LogP) is 3.57. The Morgan fingerprint density at radius 2 is 1.44 bits per heavy atom. The fourth-order valence-electron chi connectivity index (χ4n) is 0.517. The highest BCUT2D eigenvalue weighted by atomic mass is 35.5. The first-order chi connectivity index (χ1) is 3.85. The summed E-state index contributed by atoms with van der Waals surface area (Å²) >= 11 is 5.79. The summed E-state index contributed by atoms with van der Waals surface area (Å²) in [5, 5.41) is 0.919. The van der Waals surface area contributed by atoms with Gasteiger partial charge < -0.3 is 0 Å². The zero-order valence-electron chi connectivity index (χ0n) is 6.88. The molecule has 0 bridgehead atoms. The van der Waals surface area contributed by atoms with Gasteiger partial charge in [0.1, 0.15) is 0 Å². The molecule has 0 rings (SSSR count). The van der Waals surface area contributed by atoms with Crippen molar-refractivity contribution in [1.29, 1.82) is 0 Å². The van der Waals surface area contributed by atoms with Crippen LogP contribution in [0.3, 0.4) is 0 Å². The largest absolute Gasteiger partial charge is 0.0895 e. The van der Waals surface area contributed by atoms with Crippen LogP contribution in [0.5, 0.6) is 0 Å². The maximum Gasteiger partial charge on any atom is 0.0144 e. The van der Waals surface area contributed by atoms with Crippen LogP contribution in [0.25, 0.3) is 0 Å². The fraction of sp³-hybridized carbons (Fsp3) is 0.750. The van der Waals surface area contributed by atoms with Gasteiger partial charge in [-0.3, -0.25) is 0 Å². The summed E-state index contributed by atoms with van der Waals surface area (Å²) in [7, 11) is 0. The molecule has 0 aliphatic carbocycles. The fourth-order valence-corrected chi connectivity index (χ4v) is 0.800. The molecule has 0 aliphatic heterocycles. The van der Waals surface area contributed by atoms with Crippen LogP contribution >= 0.6 is 11.6 Å². The topological polar surface area (TPSA) is 0 Å². The van der Waals surface area contributed by atoms with Crippen molar-refractivity contribution in [3.05, 3.63) is 10.6 Å². The SMILES string of the molecule is CC(Cl)=C(C)C(C)(C)C. The zero-order valence-corrected chi connectivity index (χ0v) is 7.63. The molecule has 0 amide bonds. The third kappa shape index (κ3) is 2.90. The summed E-state index contributed by atoms with van der Waals surface area (Å²) in [6.07, 6.45) is 0. The van der Waals surface area contributed by atoms with Gasteiger partial charge in [-0.1, -0.05) is 37.9 Å². The van der Waals surface area contributed by atoms with Crippen LogP contribution in [0.1, 0.15) is 34.6 Å². The number of allylic oxidation sites excluding steroid dienone is 2. The summed E-state index contributed by atoms with van der Waals surface area (Å²) in [6, 6.07) is 0. The Balaban J connectivity index is 4.40. The molecule has 0 aromatic rings. The Morgan fingerprint density at radius 3 is 1.44 bits per heavy atom. The van der Waals surface area contributed by atoms with Crippen LogP contribution in [0.2, 0.25) is 0 Å². The highest BCUT2D eigenvalue weighted by molar-refractivity contribution is 6.29. The second kappa shape index (κ2) is 2.74. The lowest BCUT2D eigenvalue weighted by Crippen LogP contribution is -2.06. The molecular weight excluding hydrogens is 132 g/mol. The number of hydrogen-bond donors (Lipinski definition) is 0. The summed E-state index contributed by atoms with van der Waals surface area (Å²) in [6.45, 7) is 10.5. The minimum absolute atomic E-state index is 0.228. The van der Waals surface area contributed by atoms with Gasteiger partial charge in [-0.25, -0.2) is 0 Å². The lowest BCUT2D eigenvalue weighted by atomic mass is 9.87. The molecule has 0 N–H and O–H groups in total. The van der Waals surface area contributed by atoms with Gasteiger partial charge in [0.05, 0.1) is 0 Å². The standard InChI is InChI=1S/C8H15Cl/c1-6(7(2)9)8(3,4)5/h1-5H3. The molecule has 0 unspecified atom stereocenters. The number of rotatable bonds is 0. The van der Waals surface area contributed by atoms with E-state index in [1.807, 2.05) is 6.92 Å². The first kappa shape index (κ1) is 9.03. The first-order valence-electron chi connectivity index (χ1n) is 3.19. The third-order valence-electron chi connectivity index (χ3n) is 1.64. The Labute approximate surface area is 62.9 Å². The summed E-state index contributed by atoms with van der Waals surface area (Å²) in [5.41, 5.74) is 1.50. The third-order valence-corrected chi connectivity index (χ3v) is 1.93. The highest BCUT2D eigenvalue weighted by Gasteiger charge is 2.13. The van der Waals surface area contributed by atoms with Gasteiger partial charge in [0.15, 0.2) is 0 Å². The number of hydrogen-bond acceptors (Lipinski definition) is 0. The zero-order chi connectivity index (χ0) is 7.65. The van der Waals surface area contributed by atoms with Gasteiger partial charge >= 0.3 is 0 Å². The molecule has 0 fully saturated rings. The normalized spacial score (nSPS) is 15.3. The monoisotopic (exact) mass is 146 g/mol. The van der Waals surface area contributed by atoms with Crippen LogP contribution in [0, 0.1) is 5.41 Å². The van der Waals surface area contributed by atoms with Gasteiger partial charge in [0, 0.05) is 5.03 Å². The van der Waals surface area contributed by atoms with Gasteiger partial charge in [0.25, 0.3) is 0 Å². The van der Waals surface area contributed by atoms with Crippen LogP contribution < -0.4 is 0 Å². The molecule has 9 heavy (non-hydrogen) atoms. The Bertz CT molecular complexity index is 122. The maximum absolute atomic E-state index is 5.79. The smallest absolute Gasteiger partial charge is 0.0144 e. The Hall–Kier alpha value is 0.0300. The van der Waals surface area contributed by atoms with E-state index >= 15 is 0 Å². The van der Waals surface area contributed by atoms with E-state index in [0.717, 1.165) is 5.03 Å². The molecule has 0 saturated carbocycles. The second-order valence-electron chi connectivity index (χ2n) is 3.41. The van der Waals surface area contributed by atoms with E-state index in [1.54, 1.807) is 0 Å². The Morgan fingerprint density at radius 1 is 1.11 bits per heavy atom. The molecular formula is C8H15Cl. The minimum atomic E-state index is 0.228. The molecule has 0 atom stereocenters. The molecule has 0 aromatic heterocycles. The van der Waals surface area contributed by atoms with Crippen molar-refractivity contribution in [1.82, 2.24) is 0 Å². The van der Waals surface area contributed by atoms with E-state index in [0.29, 0.717) is 0 Å². The van der Waals surface area contributed by atoms with Crippen LogP contribution in [0.15, 0.2) is 10.6 Å². The van der Waals surface area contributed by atoms with Gasteiger partial charge in [-0.15, -0.1) is 0 Å². The summed E-state index contributed by atoms with van der Waals surface area (Å²) < 4.78 is 0. The van der Waals surface area contributed by atoms with Crippen LogP contribution in [-0.4, -0.2) is 0 Å². The highest BCUT2D eigenvalue weighted by Crippen LogP contribution is 2.28. The van der Waals surface area contributed by atoms with Crippen molar-refractivity contribution in [2.75, 3.05) is 0 Å². The minimum Gasteiger partial charge on any atom is -0.0895 e. The lowest BCUT2D eigenvalue weighted by Gasteiger charge is -2.19. The quantitative estimate of drug-likeness (QED) is 0.490. The molecule has 1 heteroatoms. The van der Waals surface area contributed by atoms with E-state index in [2.05, 4.69) is 27.7 Å². The summed E-state index contributed by atoms with van der Waals surface area (Å²) in [5.74, 6) is 0. The van der Waals surface area contributed by atoms with Gasteiger partial charge in [-0.2, -0.15) is 0 Å². The maximum atomic E-state index is 5.79. The van der Waals surface area contributed by atoms with E-state index < -0.39 is 0 Å². The average molecular weight is 147 g/mol. The van der Waals surface area contributed by atoms with E-state index in [-0.39, 0.29) is 5.41 Å². The van der Waals surface area contributed by atoms with E-state index in [1.165, 1.54) is 5.57 Å². The Kier molecular flexibility index (Phi) is 2.75. The van der Waals surface area contributed by atoms with Crippen molar-refractivity contribution < 1.29 is 0 Å². The number of halogens is 1. The van der Waals surface area contributed by atoms with Crippen molar-refractivity contribution in [2.45, 2.75) is 34.6 Å². The summed E-state index contributed by atoms with van der Waals surface area (Å²) in [4.78, 5) is 0. The van der Waals surface area contributed by atoms with E-state index in [4.69, 9.17) is 11.6 Å². The molecule has 0 aliphatic rings. The van der Waals surface area contributed by atoms with Crippen molar-refractivity contribution >= 4 is 11.6 Å². The van der Waals surface area contributed by atoms with Crippen LogP contribution in [-0.2, 0) is 0 Å². The van der Waals surface area contributed by atoms with Gasteiger partial charge in [0.2, 0.25) is 0 Å². The molecule has 54 valence electrons. The van der Waals surface area contributed by atoms with Crippen molar-refractivity contribution in [3.63, 3.8) is 0 Å². The molecule has 0 saturated heterocycles. The second-order valence-corrected chi connectivity index (χ2v) is 3.98. The lowest BCUT2D eigenvalue weighted by molar-refractivity contribution is 0.501. The first-order valence-corrected chi connectivity index (χ1v) is 3.57. The molecule has 0 spiro atoms. The molecule has 0 aromatic carbocycles. The van der Waals surface area contributed by atoms with E-state index in [9.17, 15) is 0 Å². The predicted molar refractivity (Wildman–Crippen MR) is 43.7 cm³/mol. The molecule has 0 radical (unpaired) electrons. The van der Waals surface area contributed by atoms with Crippen LogP contribution in [0.4, 0.5) is 0 Å². The van der Waals surface area contributed by atoms with Gasteiger partial charge in [-0.05, 0) is 19.3 Å².